The van der Waals surface area contributed by atoms with Crippen molar-refractivity contribution in [1.82, 2.24) is 14.5 Å². The van der Waals surface area contributed by atoms with Crippen LogP contribution in [0.15, 0.2) is 53.3 Å². The first kappa shape index (κ1) is 17.9. The summed E-state index contributed by atoms with van der Waals surface area (Å²) in [4.78, 5) is 24.5. The highest BCUT2D eigenvalue weighted by Gasteiger charge is 2.16. The highest BCUT2D eigenvalue weighted by atomic mass is 16.2. The van der Waals surface area contributed by atoms with E-state index in [4.69, 9.17) is 0 Å². The van der Waals surface area contributed by atoms with Gasteiger partial charge in [0.25, 0.3) is 0 Å². The van der Waals surface area contributed by atoms with Crippen molar-refractivity contribution in [3.05, 3.63) is 64.6 Å². The second kappa shape index (κ2) is 7.58. The zero-order valence-electron chi connectivity index (χ0n) is 15.3. The predicted octanol–water partition coefficient (Wildman–Crippen LogP) is 2.38. The van der Waals surface area contributed by atoms with E-state index < -0.39 is 0 Å². The minimum absolute atomic E-state index is 0.0428. The van der Waals surface area contributed by atoms with E-state index in [9.17, 15) is 9.59 Å². The Morgan fingerprint density at radius 3 is 2.42 bits per heavy atom. The Bertz CT molecular complexity index is 973. The first-order chi connectivity index (χ1) is 12.5. The molecule has 3 aromatic rings. The minimum Gasteiger partial charge on any atom is -0.325 e. The number of aromatic nitrogens is 2. The van der Waals surface area contributed by atoms with Gasteiger partial charge in [-0.25, -0.2) is 4.79 Å². The Morgan fingerprint density at radius 1 is 1.04 bits per heavy atom. The molecule has 2 N–H and O–H groups in total. The van der Waals surface area contributed by atoms with Crippen LogP contribution in [-0.4, -0.2) is 21.1 Å². The summed E-state index contributed by atoms with van der Waals surface area (Å²) in [7, 11) is 3.54. The summed E-state index contributed by atoms with van der Waals surface area (Å²) in [6, 6.07) is 15.1. The first-order valence-electron chi connectivity index (χ1n) is 8.75. The maximum absolute atomic E-state index is 12.5. The topological polar surface area (TPSA) is 68.1 Å². The fourth-order valence-electron chi connectivity index (χ4n) is 3.08. The maximum atomic E-state index is 12.5. The van der Waals surface area contributed by atoms with Crippen molar-refractivity contribution in [2.75, 3.05) is 5.32 Å². The largest absolute Gasteiger partial charge is 0.328 e. The Morgan fingerprint density at radius 2 is 1.73 bits per heavy atom. The molecule has 26 heavy (non-hydrogen) atoms. The lowest BCUT2D eigenvalue weighted by Gasteiger charge is -2.17. The molecule has 1 aromatic heterocycles. The lowest BCUT2D eigenvalue weighted by Crippen LogP contribution is -2.39. The van der Waals surface area contributed by atoms with Crippen LogP contribution in [0.3, 0.4) is 0 Å². The summed E-state index contributed by atoms with van der Waals surface area (Å²) in [5.74, 6) is -0.0492. The molecule has 1 heterocycles. The van der Waals surface area contributed by atoms with Gasteiger partial charge in [0.1, 0.15) is 0 Å². The molecule has 2 aromatic carbocycles. The van der Waals surface area contributed by atoms with Gasteiger partial charge in [-0.3, -0.25) is 13.9 Å². The SMILES string of the molecule is CCC(NCc1ccc2c(c1)n(C)c(=O)n2C)C(=O)Nc1ccccc1. The number of fused-ring (bicyclic) bond motifs is 1. The molecule has 1 amide bonds. The second-order valence-corrected chi connectivity index (χ2v) is 6.42. The summed E-state index contributed by atoms with van der Waals surface area (Å²) >= 11 is 0. The van der Waals surface area contributed by atoms with Crippen LogP contribution in [0.1, 0.15) is 18.9 Å². The van der Waals surface area contributed by atoms with E-state index in [-0.39, 0.29) is 17.6 Å². The lowest BCUT2D eigenvalue weighted by molar-refractivity contribution is -0.118. The van der Waals surface area contributed by atoms with Gasteiger partial charge in [0.15, 0.2) is 0 Å². The Balaban J connectivity index is 1.70. The molecule has 1 unspecified atom stereocenters. The number of imidazole rings is 1. The standard InChI is InChI=1S/C20H24N4O2/c1-4-16(19(25)22-15-8-6-5-7-9-15)21-13-14-10-11-17-18(12-14)24(3)20(26)23(17)2/h5-12,16,21H,4,13H2,1-3H3,(H,22,25). The van der Waals surface area contributed by atoms with Gasteiger partial charge in [-0.05, 0) is 36.2 Å². The molecule has 136 valence electrons. The number of amides is 1. The number of nitrogens with one attached hydrogen (secondary N) is 2. The zero-order chi connectivity index (χ0) is 18.7. The monoisotopic (exact) mass is 352 g/mol. The van der Waals surface area contributed by atoms with Crippen LogP contribution in [0.5, 0.6) is 0 Å². The van der Waals surface area contributed by atoms with Gasteiger partial charge in [0.05, 0.1) is 17.1 Å². The third-order valence-electron chi connectivity index (χ3n) is 4.66. The molecule has 0 fully saturated rings. The average Bonchev–Trinajstić information content (AvgIpc) is 2.87. The van der Waals surface area contributed by atoms with Gasteiger partial charge < -0.3 is 10.6 Å². The van der Waals surface area contributed by atoms with E-state index in [1.165, 1.54) is 0 Å². The summed E-state index contributed by atoms with van der Waals surface area (Å²) in [6.07, 6.45) is 0.685. The fourth-order valence-corrected chi connectivity index (χ4v) is 3.08. The van der Waals surface area contributed by atoms with Crippen LogP contribution >= 0.6 is 0 Å². The number of nitrogens with zero attached hydrogens (tertiary/aromatic N) is 2. The van der Waals surface area contributed by atoms with E-state index in [2.05, 4.69) is 10.6 Å². The molecule has 6 heteroatoms. The molecule has 0 aliphatic rings. The molecule has 0 spiro atoms. The molecule has 3 rings (SSSR count). The molecule has 0 bridgehead atoms. The maximum Gasteiger partial charge on any atom is 0.328 e. The highest BCUT2D eigenvalue weighted by Crippen LogP contribution is 2.14. The number of hydrogen-bond donors (Lipinski definition) is 2. The number of rotatable bonds is 6. The molecule has 0 aliphatic heterocycles. The third-order valence-corrected chi connectivity index (χ3v) is 4.66. The number of carbonyl (C=O) groups is 1. The van der Waals surface area contributed by atoms with Crippen LogP contribution < -0.4 is 16.3 Å². The summed E-state index contributed by atoms with van der Waals surface area (Å²) in [5, 5.41) is 6.23. The van der Waals surface area contributed by atoms with Crippen molar-refractivity contribution in [3.63, 3.8) is 0 Å². The Hall–Kier alpha value is -2.86. The molecule has 1 atom stereocenters. The smallest absolute Gasteiger partial charge is 0.325 e. The van der Waals surface area contributed by atoms with Crippen molar-refractivity contribution in [1.29, 1.82) is 0 Å². The van der Waals surface area contributed by atoms with Crippen LogP contribution in [0.4, 0.5) is 5.69 Å². The number of carbonyl (C=O) groups excluding carboxylic acids is 1. The number of benzene rings is 2. The Labute approximate surface area is 152 Å². The predicted molar refractivity (Wildman–Crippen MR) is 104 cm³/mol. The minimum atomic E-state index is -0.287. The first-order valence-corrected chi connectivity index (χ1v) is 8.75. The number of hydrogen-bond acceptors (Lipinski definition) is 3. The highest BCUT2D eigenvalue weighted by molar-refractivity contribution is 5.94. The third kappa shape index (κ3) is 3.55. The van der Waals surface area contributed by atoms with Crippen molar-refractivity contribution in [2.24, 2.45) is 14.1 Å². The van der Waals surface area contributed by atoms with Crippen molar-refractivity contribution in [3.8, 4) is 0 Å². The van der Waals surface area contributed by atoms with Crippen molar-refractivity contribution in [2.45, 2.75) is 25.9 Å². The van der Waals surface area contributed by atoms with E-state index in [1.54, 1.807) is 23.2 Å². The van der Waals surface area contributed by atoms with Gasteiger partial charge in [0, 0.05) is 26.3 Å². The Kier molecular flexibility index (Phi) is 5.23. The van der Waals surface area contributed by atoms with E-state index in [0.717, 1.165) is 22.3 Å². The second-order valence-electron chi connectivity index (χ2n) is 6.42. The number of aryl methyl sites for hydroxylation is 2. The van der Waals surface area contributed by atoms with Gasteiger partial charge >= 0.3 is 5.69 Å². The lowest BCUT2D eigenvalue weighted by atomic mass is 10.1. The average molecular weight is 352 g/mol. The number of anilines is 1. The van der Waals surface area contributed by atoms with E-state index in [1.807, 2.05) is 55.5 Å². The van der Waals surface area contributed by atoms with Gasteiger partial charge in [-0.15, -0.1) is 0 Å². The zero-order valence-corrected chi connectivity index (χ0v) is 15.3. The quantitative estimate of drug-likeness (QED) is 0.716. The molecule has 0 aliphatic carbocycles. The summed E-state index contributed by atoms with van der Waals surface area (Å²) < 4.78 is 3.27. The normalized spacial score (nSPS) is 12.3. The number of para-hydroxylation sites is 1. The fraction of sp³-hybridized carbons (Fsp3) is 0.300. The summed E-state index contributed by atoms with van der Waals surface area (Å²) in [5.41, 5.74) is 3.57. The van der Waals surface area contributed by atoms with Crippen LogP contribution in [0, 0.1) is 0 Å². The van der Waals surface area contributed by atoms with Crippen molar-refractivity contribution >= 4 is 22.6 Å². The summed E-state index contributed by atoms with van der Waals surface area (Å²) in [6.45, 7) is 2.53. The molecule has 0 saturated carbocycles. The molecule has 0 saturated heterocycles. The van der Waals surface area contributed by atoms with Crippen LogP contribution in [0.25, 0.3) is 11.0 Å². The van der Waals surface area contributed by atoms with Gasteiger partial charge in [-0.1, -0.05) is 31.2 Å². The van der Waals surface area contributed by atoms with E-state index >= 15 is 0 Å². The van der Waals surface area contributed by atoms with Gasteiger partial charge in [0.2, 0.25) is 5.91 Å². The molecule has 6 nitrogen and oxygen atoms in total. The van der Waals surface area contributed by atoms with Crippen LogP contribution in [0.2, 0.25) is 0 Å². The molecule has 0 radical (unpaired) electrons. The van der Waals surface area contributed by atoms with E-state index in [0.29, 0.717) is 13.0 Å². The molecular weight excluding hydrogens is 328 g/mol. The van der Waals surface area contributed by atoms with Gasteiger partial charge in [-0.2, -0.15) is 0 Å². The van der Waals surface area contributed by atoms with Crippen LogP contribution in [-0.2, 0) is 25.4 Å². The molecular formula is C20H24N4O2. The van der Waals surface area contributed by atoms with Crippen molar-refractivity contribution < 1.29 is 4.79 Å².